The van der Waals surface area contributed by atoms with E-state index >= 15 is 0 Å². The molecule has 0 saturated carbocycles. The van der Waals surface area contributed by atoms with Gasteiger partial charge in [-0.1, -0.05) is 65.5 Å². The van der Waals surface area contributed by atoms with Crippen LogP contribution in [0, 0.1) is 0 Å². The fraction of sp³-hybridized carbons (Fsp3) is 0. The van der Waals surface area contributed by atoms with Crippen LogP contribution in [0.2, 0.25) is 0 Å². The highest BCUT2D eigenvalue weighted by Gasteiger charge is 2.60. The lowest BCUT2D eigenvalue weighted by Crippen LogP contribution is -2.10. The van der Waals surface area contributed by atoms with Crippen molar-refractivity contribution in [2.24, 2.45) is 5.73 Å². The number of thiocarbonyl (C=S) groups is 1. The first-order valence-corrected chi connectivity index (χ1v) is 29.2. The van der Waals surface area contributed by atoms with E-state index < -0.39 is 14.6 Å². The van der Waals surface area contributed by atoms with Crippen LogP contribution >= 0.6 is 92.8 Å². The van der Waals surface area contributed by atoms with Crippen molar-refractivity contribution in [2.75, 3.05) is 0 Å². The van der Waals surface area contributed by atoms with Crippen molar-refractivity contribution in [1.82, 2.24) is 4.98 Å². The van der Waals surface area contributed by atoms with Crippen molar-refractivity contribution in [3.8, 4) is 0 Å². The highest BCUT2D eigenvalue weighted by molar-refractivity contribution is 9.83. The molecular weight excluding hydrogens is 577 g/mol. The van der Waals surface area contributed by atoms with Crippen LogP contribution in [0.1, 0.15) is 5.69 Å². The average molecular weight is 583 g/mol. The fourth-order valence-electron chi connectivity index (χ4n) is 1.42. The highest BCUT2D eigenvalue weighted by Crippen LogP contribution is 3.30. The third kappa shape index (κ3) is 5.42. The zero-order chi connectivity index (χ0) is 16.9. The van der Waals surface area contributed by atoms with E-state index in [1.165, 1.54) is 0 Å². The van der Waals surface area contributed by atoms with Crippen LogP contribution in [0.5, 0.6) is 0 Å². The summed E-state index contributed by atoms with van der Waals surface area (Å²) < 4.78 is -5.64. The molecule has 0 spiro atoms. The maximum absolute atomic E-state index is 5.75. The number of aromatic nitrogens is 1. The minimum atomic E-state index is -1.41. The van der Waals surface area contributed by atoms with Crippen molar-refractivity contribution in [3.63, 3.8) is 0 Å². The van der Waals surface area contributed by atoms with Crippen molar-refractivity contribution >= 4 is 145 Å². The molecule has 0 aromatic carbocycles. The maximum atomic E-state index is 5.75. The smallest absolute Gasteiger partial charge is 0.128 e. The lowest BCUT2D eigenvalue weighted by atomic mass is 10.4. The van der Waals surface area contributed by atoms with Gasteiger partial charge in [0.15, 0.2) is 0 Å². The quantitative estimate of drug-likeness (QED) is 0.257. The van der Waals surface area contributed by atoms with Crippen LogP contribution in [0.15, 0.2) is 24.4 Å². The summed E-state index contributed by atoms with van der Waals surface area (Å²) in [5.41, 5.74) is 5.96. The molecule has 2 N–H and O–H groups in total. The van der Waals surface area contributed by atoms with Gasteiger partial charge in [0.1, 0.15) is 19.6 Å². The second-order valence-electron chi connectivity index (χ2n) is 3.86. The predicted octanol–water partition coefficient (Wildman–Crippen LogP) is 8.04. The van der Waals surface area contributed by atoms with Crippen molar-refractivity contribution < 1.29 is 0 Å². The van der Waals surface area contributed by atoms with Gasteiger partial charge < -0.3 is 5.73 Å². The van der Waals surface area contributed by atoms with Crippen LogP contribution in [-0.4, -0.2) is 9.97 Å². The standard InChI is InChI=1S/C6H6N2S.P4S10/c7-6(9)5-3-1-2-4-8-5;5-1-9-2(6)12-3(7,10-1)14-4(8,11-1)13-2/h1-4H,(H2,7,9);. The summed E-state index contributed by atoms with van der Waals surface area (Å²) in [5, 5.41) is 0. The summed E-state index contributed by atoms with van der Waals surface area (Å²) in [6, 6.07) is 5.45. The van der Waals surface area contributed by atoms with Gasteiger partial charge >= 0.3 is 0 Å². The van der Waals surface area contributed by atoms with E-state index in [4.69, 9.17) is 53.0 Å². The van der Waals surface area contributed by atoms with Gasteiger partial charge in [-0.15, -0.1) is 0 Å². The Morgan fingerprint density at radius 3 is 1.43 bits per heavy atom. The molecule has 0 radical (unpaired) electrons. The largest absolute Gasteiger partial charge is 0.388 e. The average Bonchev–Trinajstić information content (AvgIpc) is 2.33. The third-order valence-electron chi connectivity index (χ3n) is 2.12. The van der Waals surface area contributed by atoms with Gasteiger partial charge in [0, 0.05) is 6.20 Å². The molecule has 1 aromatic heterocycles. The van der Waals surface area contributed by atoms with Gasteiger partial charge in [0.2, 0.25) is 0 Å². The van der Waals surface area contributed by atoms with E-state index in [0.29, 0.717) is 10.7 Å². The summed E-state index contributed by atoms with van der Waals surface area (Å²) in [4.78, 5) is 4.26. The zero-order valence-electron chi connectivity index (χ0n) is 10.6. The van der Waals surface area contributed by atoms with E-state index in [-0.39, 0.29) is 0 Å². The first-order valence-electron chi connectivity index (χ1n) is 5.43. The number of hydrogen-bond donors (Lipinski definition) is 1. The number of hydrogen-bond acceptors (Lipinski definition) is 12. The van der Waals surface area contributed by atoms with Crippen LogP contribution in [-0.2, 0) is 47.2 Å². The van der Waals surface area contributed by atoms with Crippen molar-refractivity contribution in [3.05, 3.63) is 30.1 Å². The van der Waals surface area contributed by atoms with Crippen LogP contribution < -0.4 is 5.73 Å². The number of rotatable bonds is 1. The van der Waals surface area contributed by atoms with E-state index in [1.807, 2.05) is 78.1 Å². The second kappa shape index (κ2) is 7.87. The number of pyridine rings is 1. The molecule has 0 aliphatic carbocycles. The van der Waals surface area contributed by atoms with Crippen LogP contribution in [0.25, 0.3) is 0 Å². The molecule has 4 fully saturated rings. The Labute approximate surface area is 183 Å². The molecule has 5 heterocycles. The second-order valence-corrected chi connectivity index (χ2v) is 63.5. The van der Waals surface area contributed by atoms with Crippen LogP contribution in [0.3, 0.4) is 0 Å². The lowest BCUT2D eigenvalue weighted by molar-refractivity contribution is 1.29. The SMILES string of the molecule is NC(=S)c1ccccn1.S=P12SP3(=S)SP(=S)(S1)SP(=S)(S2)S3. The number of nitrogens with zero attached hydrogens (tertiary/aromatic N) is 1. The lowest BCUT2D eigenvalue weighted by Gasteiger charge is -2.51. The van der Waals surface area contributed by atoms with Gasteiger partial charge in [-0.05, 0) is 78.1 Å². The molecule has 126 valence electrons. The summed E-state index contributed by atoms with van der Waals surface area (Å²) >= 11 is 39.2. The maximum Gasteiger partial charge on any atom is 0.128 e. The monoisotopic (exact) mass is 582 g/mol. The van der Waals surface area contributed by atoms with E-state index in [1.54, 1.807) is 12.3 Å². The molecule has 2 nitrogen and oxygen atoms in total. The summed E-state index contributed by atoms with van der Waals surface area (Å²) in [7, 11) is 0. The molecule has 0 atom stereocenters. The minimum absolute atomic E-state index is 0.343. The summed E-state index contributed by atoms with van der Waals surface area (Å²) in [5.74, 6) is 0. The summed E-state index contributed by atoms with van der Waals surface area (Å²) in [6.45, 7) is 0. The molecule has 0 unspecified atom stereocenters. The Kier molecular flexibility index (Phi) is 7.34. The van der Waals surface area contributed by atoms with E-state index in [0.717, 1.165) is 0 Å². The van der Waals surface area contributed by atoms with Gasteiger partial charge in [0.25, 0.3) is 0 Å². The summed E-state index contributed by atoms with van der Waals surface area (Å²) in [6.07, 6.45) is 1.66. The minimum Gasteiger partial charge on any atom is -0.388 e. The normalized spacial score (nSPS) is 43.5. The molecule has 4 aliphatic rings. The molecule has 1 aromatic rings. The Balaban J connectivity index is 0.000000151. The first-order chi connectivity index (χ1) is 10.5. The molecule has 4 bridgehead atoms. The van der Waals surface area contributed by atoms with E-state index in [2.05, 4.69) is 17.2 Å². The Morgan fingerprint density at radius 2 is 1.22 bits per heavy atom. The van der Waals surface area contributed by atoms with Crippen molar-refractivity contribution in [2.45, 2.75) is 0 Å². The molecule has 4 aliphatic heterocycles. The Bertz CT molecular complexity index is 701. The Morgan fingerprint density at radius 1 is 0.826 bits per heavy atom. The molecule has 23 heavy (non-hydrogen) atoms. The molecule has 4 saturated heterocycles. The van der Waals surface area contributed by atoms with Gasteiger partial charge in [-0.25, -0.2) is 0 Å². The van der Waals surface area contributed by atoms with Gasteiger partial charge in [0.05, 0.1) is 5.69 Å². The van der Waals surface area contributed by atoms with E-state index in [9.17, 15) is 0 Å². The first kappa shape index (κ1) is 21.4. The highest BCUT2D eigenvalue weighted by atomic mass is 34.1. The molecular formula is C6H6N2P4S11. The topological polar surface area (TPSA) is 38.9 Å². The fourth-order valence-corrected chi connectivity index (χ4v) is 223. The van der Waals surface area contributed by atoms with Crippen molar-refractivity contribution in [1.29, 1.82) is 0 Å². The number of nitrogens with two attached hydrogens (primary N) is 1. The molecule has 0 amide bonds. The zero-order valence-corrected chi connectivity index (χ0v) is 23.2. The third-order valence-corrected chi connectivity index (χ3v) is 98.3. The molecule has 5 rings (SSSR count). The van der Waals surface area contributed by atoms with Gasteiger partial charge in [-0.3, -0.25) is 4.98 Å². The predicted molar refractivity (Wildman–Crippen MR) is 143 cm³/mol. The molecule has 17 heteroatoms. The van der Waals surface area contributed by atoms with Gasteiger partial charge in [-0.2, -0.15) is 0 Å². The Hall–Kier alpha value is 3.74. The van der Waals surface area contributed by atoms with Crippen LogP contribution in [0.4, 0.5) is 0 Å².